The molecule has 2 aromatic carbocycles. The SMILES string of the molecule is CC(=O)N1CCC2(CC1)CC(=O)c1cc(-c3cccc(C#N)c3)ccc1O2. The van der Waals surface area contributed by atoms with Gasteiger partial charge in [-0.1, -0.05) is 18.2 Å². The second-order valence-corrected chi connectivity index (χ2v) is 7.29. The van der Waals surface area contributed by atoms with Gasteiger partial charge in [0, 0.05) is 32.9 Å². The van der Waals surface area contributed by atoms with Crippen LogP contribution in [0.3, 0.4) is 0 Å². The minimum absolute atomic E-state index is 0.0663. The second-order valence-electron chi connectivity index (χ2n) is 7.29. The maximum atomic E-state index is 12.9. The van der Waals surface area contributed by atoms with E-state index in [1.165, 1.54) is 0 Å². The molecular formula is C22H20N2O3. The zero-order valence-electron chi connectivity index (χ0n) is 15.2. The van der Waals surface area contributed by atoms with Crippen LogP contribution in [0.2, 0.25) is 0 Å². The first kappa shape index (κ1) is 17.3. The van der Waals surface area contributed by atoms with Crippen molar-refractivity contribution in [1.29, 1.82) is 5.26 Å². The van der Waals surface area contributed by atoms with Gasteiger partial charge in [-0.15, -0.1) is 0 Å². The molecule has 2 aliphatic rings. The standard InChI is InChI=1S/C22H20N2O3/c1-15(25)24-9-7-22(8-10-24)13-20(26)19-12-18(5-6-21(19)27-22)17-4-2-3-16(11-17)14-23/h2-6,11-12H,7-10,13H2,1H3. The number of nitriles is 1. The number of hydrogen-bond donors (Lipinski definition) is 0. The summed E-state index contributed by atoms with van der Waals surface area (Å²) in [6.45, 7) is 2.82. The first-order chi connectivity index (χ1) is 13.0. The molecule has 27 heavy (non-hydrogen) atoms. The summed E-state index contributed by atoms with van der Waals surface area (Å²) < 4.78 is 6.28. The molecule has 136 valence electrons. The zero-order valence-corrected chi connectivity index (χ0v) is 15.2. The van der Waals surface area contributed by atoms with Gasteiger partial charge in [-0.05, 0) is 35.4 Å². The molecule has 0 atom stereocenters. The van der Waals surface area contributed by atoms with Crippen LogP contribution >= 0.6 is 0 Å². The van der Waals surface area contributed by atoms with Crippen LogP contribution in [0.1, 0.15) is 42.1 Å². The molecule has 2 aliphatic heterocycles. The van der Waals surface area contributed by atoms with Crippen molar-refractivity contribution in [3.05, 3.63) is 53.6 Å². The number of rotatable bonds is 1. The fourth-order valence-corrected chi connectivity index (χ4v) is 3.95. The largest absolute Gasteiger partial charge is 0.486 e. The van der Waals surface area contributed by atoms with Crippen molar-refractivity contribution in [3.63, 3.8) is 0 Å². The Labute approximate surface area is 158 Å². The average molecular weight is 360 g/mol. The van der Waals surface area contributed by atoms with Crippen molar-refractivity contribution < 1.29 is 14.3 Å². The van der Waals surface area contributed by atoms with E-state index in [1.54, 1.807) is 17.9 Å². The van der Waals surface area contributed by atoms with Crippen molar-refractivity contribution in [2.75, 3.05) is 13.1 Å². The maximum absolute atomic E-state index is 12.9. The molecule has 1 saturated heterocycles. The lowest BCUT2D eigenvalue weighted by Gasteiger charge is -2.43. The number of amides is 1. The van der Waals surface area contributed by atoms with Crippen LogP contribution in [-0.4, -0.2) is 35.3 Å². The first-order valence-corrected chi connectivity index (χ1v) is 9.12. The number of ketones is 1. The van der Waals surface area contributed by atoms with Gasteiger partial charge in [-0.2, -0.15) is 5.26 Å². The number of carbonyl (C=O) groups excluding carboxylic acids is 2. The highest BCUT2D eigenvalue weighted by Gasteiger charge is 2.43. The number of ether oxygens (including phenoxy) is 1. The Bertz CT molecular complexity index is 966. The van der Waals surface area contributed by atoms with Crippen molar-refractivity contribution in [2.24, 2.45) is 0 Å². The fraction of sp³-hybridized carbons (Fsp3) is 0.318. The van der Waals surface area contributed by atoms with Gasteiger partial charge < -0.3 is 9.64 Å². The number of nitrogens with zero attached hydrogens (tertiary/aromatic N) is 2. The summed E-state index contributed by atoms with van der Waals surface area (Å²) in [6.07, 6.45) is 1.68. The van der Waals surface area contributed by atoms with E-state index in [0.717, 1.165) is 11.1 Å². The molecule has 1 fully saturated rings. The van der Waals surface area contributed by atoms with E-state index in [1.807, 2.05) is 36.4 Å². The van der Waals surface area contributed by atoms with E-state index in [2.05, 4.69) is 6.07 Å². The first-order valence-electron chi connectivity index (χ1n) is 9.12. The van der Waals surface area contributed by atoms with Crippen molar-refractivity contribution in [3.8, 4) is 22.9 Å². The van der Waals surface area contributed by atoms with E-state index >= 15 is 0 Å². The van der Waals surface area contributed by atoms with Crippen molar-refractivity contribution in [2.45, 2.75) is 31.8 Å². The Morgan fingerprint density at radius 2 is 1.89 bits per heavy atom. The summed E-state index contributed by atoms with van der Waals surface area (Å²) in [5.41, 5.74) is 2.47. The normalized spacial score (nSPS) is 17.8. The Morgan fingerprint density at radius 3 is 2.59 bits per heavy atom. The van der Waals surface area contributed by atoms with Gasteiger partial charge in [0.15, 0.2) is 5.78 Å². The molecule has 0 saturated carbocycles. The quantitative estimate of drug-likeness (QED) is 0.779. The molecule has 1 amide bonds. The molecule has 0 N–H and O–H groups in total. The number of carbonyl (C=O) groups is 2. The van der Waals surface area contributed by atoms with Gasteiger partial charge in [-0.3, -0.25) is 9.59 Å². The summed E-state index contributed by atoms with van der Waals surface area (Å²) in [5.74, 6) is 0.755. The van der Waals surface area contributed by atoms with Crippen LogP contribution in [-0.2, 0) is 4.79 Å². The highest BCUT2D eigenvalue weighted by molar-refractivity contribution is 6.01. The van der Waals surface area contributed by atoms with Gasteiger partial charge in [0.25, 0.3) is 0 Å². The molecule has 0 bridgehead atoms. The number of fused-ring (bicyclic) bond motifs is 1. The summed E-state index contributed by atoms with van der Waals surface area (Å²) in [4.78, 5) is 26.2. The van der Waals surface area contributed by atoms with Gasteiger partial charge >= 0.3 is 0 Å². The lowest BCUT2D eigenvalue weighted by atomic mass is 9.82. The Balaban J connectivity index is 1.61. The summed E-state index contributed by atoms with van der Waals surface area (Å²) in [5, 5.41) is 9.09. The highest BCUT2D eigenvalue weighted by atomic mass is 16.5. The molecule has 2 aromatic rings. The minimum Gasteiger partial charge on any atom is -0.486 e. The number of benzene rings is 2. The van der Waals surface area contributed by atoms with E-state index < -0.39 is 5.60 Å². The predicted octanol–water partition coefficient (Wildman–Crippen LogP) is 3.57. The van der Waals surface area contributed by atoms with E-state index in [4.69, 9.17) is 10.00 Å². The maximum Gasteiger partial charge on any atom is 0.219 e. The molecule has 5 heteroatoms. The highest BCUT2D eigenvalue weighted by Crippen LogP contribution is 2.40. The van der Waals surface area contributed by atoms with Crippen LogP contribution in [0.25, 0.3) is 11.1 Å². The third-order valence-corrected chi connectivity index (χ3v) is 5.53. The van der Waals surface area contributed by atoms with E-state index in [9.17, 15) is 9.59 Å². The number of likely N-dealkylation sites (tertiary alicyclic amines) is 1. The predicted molar refractivity (Wildman–Crippen MR) is 100 cm³/mol. The zero-order chi connectivity index (χ0) is 19.0. The molecule has 0 radical (unpaired) electrons. The topological polar surface area (TPSA) is 70.4 Å². The summed E-state index contributed by atoms with van der Waals surface area (Å²) in [7, 11) is 0. The van der Waals surface area contributed by atoms with Crippen LogP contribution in [0, 0.1) is 11.3 Å². The van der Waals surface area contributed by atoms with Crippen molar-refractivity contribution >= 4 is 11.7 Å². The van der Waals surface area contributed by atoms with E-state index in [-0.39, 0.29) is 11.7 Å². The molecule has 0 aromatic heterocycles. The van der Waals surface area contributed by atoms with Gasteiger partial charge in [0.1, 0.15) is 11.4 Å². The Hall–Kier alpha value is -3.13. The fourth-order valence-electron chi connectivity index (χ4n) is 3.95. The molecule has 1 spiro atoms. The Kier molecular flexibility index (Phi) is 4.19. The molecular weight excluding hydrogens is 340 g/mol. The van der Waals surface area contributed by atoms with Gasteiger partial charge in [0.2, 0.25) is 5.91 Å². The monoisotopic (exact) mass is 360 g/mol. The molecule has 2 heterocycles. The smallest absolute Gasteiger partial charge is 0.219 e. The van der Waals surface area contributed by atoms with Gasteiger partial charge in [-0.25, -0.2) is 0 Å². The third-order valence-electron chi connectivity index (χ3n) is 5.53. The molecule has 5 nitrogen and oxygen atoms in total. The number of piperidine rings is 1. The Morgan fingerprint density at radius 1 is 1.15 bits per heavy atom. The number of hydrogen-bond acceptors (Lipinski definition) is 4. The summed E-state index contributed by atoms with van der Waals surface area (Å²) in [6, 6.07) is 15.1. The summed E-state index contributed by atoms with van der Waals surface area (Å²) >= 11 is 0. The lowest BCUT2D eigenvalue weighted by Crippen LogP contribution is -2.51. The minimum atomic E-state index is -0.502. The van der Waals surface area contributed by atoms with Crippen LogP contribution in [0.15, 0.2) is 42.5 Å². The molecule has 0 aliphatic carbocycles. The van der Waals surface area contributed by atoms with Crippen LogP contribution < -0.4 is 4.74 Å². The lowest BCUT2D eigenvalue weighted by molar-refractivity contribution is -0.132. The van der Waals surface area contributed by atoms with Crippen LogP contribution in [0.4, 0.5) is 0 Å². The number of Topliss-reactive ketones (excluding diaryl/α,β-unsaturated/α-hetero) is 1. The average Bonchev–Trinajstić information content (AvgIpc) is 2.68. The van der Waals surface area contributed by atoms with Gasteiger partial charge in [0.05, 0.1) is 23.6 Å². The second kappa shape index (κ2) is 6.55. The van der Waals surface area contributed by atoms with Crippen molar-refractivity contribution in [1.82, 2.24) is 4.90 Å². The molecule has 4 rings (SSSR count). The van der Waals surface area contributed by atoms with E-state index in [0.29, 0.717) is 49.2 Å². The third kappa shape index (κ3) is 3.19. The van der Waals surface area contributed by atoms with Crippen LogP contribution in [0.5, 0.6) is 5.75 Å². The molecule has 0 unspecified atom stereocenters.